The summed E-state index contributed by atoms with van der Waals surface area (Å²) in [5, 5.41) is 0.121. The van der Waals surface area contributed by atoms with E-state index in [0.29, 0.717) is 5.56 Å². The predicted molar refractivity (Wildman–Crippen MR) is 89.9 cm³/mol. The Hall–Kier alpha value is -1.96. The van der Waals surface area contributed by atoms with Crippen molar-refractivity contribution in [3.05, 3.63) is 64.4 Å². The third-order valence-corrected chi connectivity index (χ3v) is 5.20. The first-order valence-corrected chi connectivity index (χ1v) is 8.84. The van der Waals surface area contributed by atoms with Gasteiger partial charge in [0.15, 0.2) is 0 Å². The molecule has 0 aliphatic heterocycles. The molecule has 0 spiro atoms. The van der Waals surface area contributed by atoms with Gasteiger partial charge in [0.1, 0.15) is 5.82 Å². The topological polar surface area (TPSA) is 66.5 Å². The second kappa shape index (κ2) is 7.29. The molecule has 0 bridgehead atoms. The van der Waals surface area contributed by atoms with E-state index in [-0.39, 0.29) is 22.0 Å². The molecule has 0 fully saturated rings. The lowest BCUT2D eigenvalue weighted by Gasteiger charge is -2.19. The van der Waals surface area contributed by atoms with Crippen molar-refractivity contribution in [2.24, 2.45) is 0 Å². The third-order valence-electron chi connectivity index (χ3n) is 3.46. The minimum Gasteiger partial charge on any atom is -0.337 e. The van der Waals surface area contributed by atoms with Gasteiger partial charge in [-0.3, -0.25) is 4.79 Å². The summed E-state index contributed by atoms with van der Waals surface area (Å²) in [5.74, 6) is -0.925. The van der Waals surface area contributed by atoms with Gasteiger partial charge in [0.05, 0.1) is 15.5 Å². The van der Waals surface area contributed by atoms with Gasteiger partial charge >= 0.3 is 0 Å². The molecule has 0 atom stereocenters. The molecule has 0 radical (unpaired) electrons. The number of rotatable bonds is 5. The highest BCUT2D eigenvalue weighted by Crippen LogP contribution is 2.22. The standard InChI is InChI=1S/C16H16ClFN2O3S/c1-19-24(22,23)12-7-8-14(17)13(9-12)16(21)20(2)10-11-5-3-4-6-15(11)18/h3-9,19H,10H2,1-2H3. The number of carbonyl (C=O) groups is 1. The molecule has 0 aromatic heterocycles. The Morgan fingerprint density at radius 2 is 1.92 bits per heavy atom. The summed E-state index contributed by atoms with van der Waals surface area (Å²) < 4.78 is 39.6. The second-order valence-electron chi connectivity index (χ2n) is 5.10. The Labute approximate surface area is 145 Å². The summed E-state index contributed by atoms with van der Waals surface area (Å²) in [6.45, 7) is 0.0326. The van der Waals surface area contributed by atoms with E-state index in [1.54, 1.807) is 18.2 Å². The summed E-state index contributed by atoms with van der Waals surface area (Å²) in [7, 11) is -0.938. The van der Waals surface area contributed by atoms with Gasteiger partial charge in [0.25, 0.3) is 5.91 Å². The van der Waals surface area contributed by atoms with Gasteiger partial charge in [-0.25, -0.2) is 17.5 Å². The van der Waals surface area contributed by atoms with Crippen LogP contribution in [0.15, 0.2) is 47.4 Å². The molecule has 5 nitrogen and oxygen atoms in total. The highest BCUT2D eigenvalue weighted by molar-refractivity contribution is 7.89. The molecule has 0 aliphatic carbocycles. The molecule has 0 saturated carbocycles. The first kappa shape index (κ1) is 18.4. The van der Waals surface area contributed by atoms with Crippen LogP contribution in [-0.2, 0) is 16.6 Å². The fourth-order valence-electron chi connectivity index (χ4n) is 2.11. The lowest BCUT2D eigenvalue weighted by atomic mass is 10.1. The lowest BCUT2D eigenvalue weighted by Crippen LogP contribution is -2.27. The van der Waals surface area contributed by atoms with Gasteiger partial charge in [-0.05, 0) is 31.3 Å². The molecule has 0 aliphatic rings. The van der Waals surface area contributed by atoms with Crippen molar-refractivity contribution in [3.63, 3.8) is 0 Å². The fourth-order valence-corrected chi connectivity index (χ4v) is 3.07. The number of nitrogens with one attached hydrogen (secondary N) is 1. The molecule has 24 heavy (non-hydrogen) atoms. The summed E-state index contributed by atoms with van der Waals surface area (Å²) in [5.41, 5.74) is 0.385. The van der Waals surface area contributed by atoms with E-state index in [4.69, 9.17) is 11.6 Å². The van der Waals surface area contributed by atoms with Gasteiger partial charge in [-0.2, -0.15) is 0 Å². The molecule has 2 aromatic rings. The van der Waals surface area contributed by atoms with Crippen LogP contribution in [0.1, 0.15) is 15.9 Å². The van der Waals surface area contributed by atoms with Crippen molar-refractivity contribution < 1.29 is 17.6 Å². The zero-order chi connectivity index (χ0) is 17.9. The number of carbonyl (C=O) groups excluding carboxylic acids is 1. The van der Waals surface area contributed by atoms with E-state index < -0.39 is 21.7 Å². The minimum absolute atomic E-state index is 0.0326. The van der Waals surface area contributed by atoms with Crippen molar-refractivity contribution in [3.8, 4) is 0 Å². The maximum Gasteiger partial charge on any atom is 0.255 e. The van der Waals surface area contributed by atoms with Gasteiger partial charge in [0.2, 0.25) is 10.0 Å². The Balaban J connectivity index is 2.32. The van der Waals surface area contributed by atoms with E-state index in [0.717, 1.165) is 0 Å². The van der Waals surface area contributed by atoms with Gasteiger partial charge in [0, 0.05) is 19.2 Å². The Bertz CT molecular complexity index is 871. The summed E-state index contributed by atoms with van der Waals surface area (Å²) >= 11 is 6.03. The Morgan fingerprint density at radius 3 is 2.54 bits per heavy atom. The molecule has 2 aromatic carbocycles. The lowest BCUT2D eigenvalue weighted by molar-refractivity contribution is 0.0784. The van der Waals surface area contributed by atoms with E-state index in [2.05, 4.69) is 4.72 Å². The van der Waals surface area contributed by atoms with E-state index in [9.17, 15) is 17.6 Å². The SMILES string of the molecule is CNS(=O)(=O)c1ccc(Cl)c(C(=O)N(C)Cc2ccccc2F)c1. The van der Waals surface area contributed by atoms with E-state index >= 15 is 0 Å². The van der Waals surface area contributed by atoms with Gasteiger partial charge in [-0.1, -0.05) is 29.8 Å². The van der Waals surface area contributed by atoms with Crippen LogP contribution < -0.4 is 4.72 Å². The van der Waals surface area contributed by atoms with Crippen LogP contribution in [0.4, 0.5) is 4.39 Å². The van der Waals surface area contributed by atoms with Crippen molar-refractivity contribution in [2.75, 3.05) is 14.1 Å². The molecular formula is C16H16ClFN2O3S. The molecule has 8 heteroatoms. The maximum atomic E-state index is 13.7. The molecule has 2 rings (SSSR count). The zero-order valence-corrected chi connectivity index (χ0v) is 14.7. The third kappa shape index (κ3) is 3.92. The van der Waals surface area contributed by atoms with Crippen molar-refractivity contribution in [1.29, 1.82) is 0 Å². The van der Waals surface area contributed by atoms with Crippen LogP contribution in [0.3, 0.4) is 0 Å². The van der Waals surface area contributed by atoms with E-state index in [1.165, 1.54) is 43.3 Å². The van der Waals surface area contributed by atoms with Crippen molar-refractivity contribution >= 4 is 27.5 Å². The monoisotopic (exact) mass is 370 g/mol. The molecule has 1 N–H and O–H groups in total. The average molecular weight is 371 g/mol. The Kier molecular flexibility index (Phi) is 5.58. The van der Waals surface area contributed by atoms with Crippen LogP contribution in [0, 0.1) is 5.82 Å². The van der Waals surface area contributed by atoms with E-state index in [1.807, 2.05) is 0 Å². The van der Waals surface area contributed by atoms with Crippen molar-refractivity contribution in [2.45, 2.75) is 11.4 Å². The minimum atomic E-state index is -3.70. The van der Waals surface area contributed by atoms with Crippen LogP contribution in [0.5, 0.6) is 0 Å². The van der Waals surface area contributed by atoms with Crippen LogP contribution in [-0.4, -0.2) is 33.3 Å². The summed E-state index contributed by atoms with van der Waals surface area (Å²) in [6.07, 6.45) is 0. The number of hydrogen-bond donors (Lipinski definition) is 1. The fraction of sp³-hybridized carbons (Fsp3) is 0.188. The number of amides is 1. The number of benzene rings is 2. The molecular weight excluding hydrogens is 355 g/mol. The first-order chi connectivity index (χ1) is 11.3. The maximum absolute atomic E-state index is 13.7. The molecule has 0 saturated heterocycles. The highest BCUT2D eigenvalue weighted by atomic mass is 35.5. The Morgan fingerprint density at radius 1 is 1.25 bits per heavy atom. The number of halogens is 2. The van der Waals surface area contributed by atoms with Crippen molar-refractivity contribution in [1.82, 2.24) is 9.62 Å². The number of nitrogens with zero attached hydrogens (tertiary/aromatic N) is 1. The second-order valence-corrected chi connectivity index (χ2v) is 7.40. The first-order valence-electron chi connectivity index (χ1n) is 6.98. The van der Waals surface area contributed by atoms with Crippen LogP contribution in [0.2, 0.25) is 5.02 Å². The quantitative estimate of drug-likeness (QED) is 0.879. The summed E-state index contributed by atoms with van der Waals surface area (Å²) in [4.78, 5) is 13.8. The number of hydrogen-bond acceptors (Lipinski definition) is 3. The highest BCUT2D eigenvalue weighted by Gasteiger charge is 2.20. The van der Waals surface area contributed by atoms with Gasteiger partial charge < -0.3 is 4.90 Å². The largest absolute Gasteiger partial charge is 0.337 e. The van der Waals surface area contributed by atoms with Gasteiger partial charge in [-0.15, -0.1) is 0 Å². The molecule has 128 valence electrons. The average Bonchev–Trinajstić information content (AvgIpc) is 2.56. The normalized spacial score (nSPS) is 11.3. The molecule has 1 amide bonds. The molecule has 0 heterocycles. The van der Waals surface area contributed by atoms with Crippen LogP contribution >= 0.6 is 11.6 Å². The zero-order valence-electron chi connectivity index (χ0n) is 13.1. The predicted octanol–water partition coefficient (Wildman–Crippen LogP) is 2.66. The number of sulfonamides is 1. The molecule has 0 unspecified atom stereocenters. The van der Waals surface area contributed by atoms with Crippen LogP contribution in [0.25, 0.3) is 0 Å². The summed E-state index contributed by atoms with van der Waals surface area (Å²) in [6, 6.07) is 9.96. The smallest absolute Gasteiger partial charge is 0.255 e.